The Hall–Kier alpha value is -2.70. The van der Waals surface area contributed by atoms with E-state index in [1.54, 1.807) is 23.0 Å². The first kappa shape index (κ1) is 9.52. The summed E-state index contributed by atoms with van der Waals surface area (Å²) in [6.45, 7) is 0. The monoisotopic (exact) mass is 229 g/mol. The first-order valence-corrected chi connectivity index (χ1v) is 4.83. The lowest BCUT2D eigenvalue weighted by Gasteiger charge is -2.00. The van der Waals surface area contributed by atoms with E-state index in [-0.39, 0.29) is 5.69 Å². The van der Waals surface area contributed by atoms with Gasteiger partial charge in [-0.1, -0.05) is 0 Å². The lowest BCUT2D eigenvalue weighted by molar-refractivity contribution is 0.0687. The van der Waals surface area contributed by atoms with E-state index in [9.17, 15) is 4.79 Å². The predicted octanol–water partition coefficient (Wildman–Crippen LogP) is 0.613. The molecule has 0 aliphatic rings. The molecule has 0 atom stereocenters. The third-order valence-corrected chi connectivity index (χ3v) is 2.35. The normalized spacial score (nSPS) is 10.8. The number of rotatable bonds is 2. The van der Waals surface area contributed by atoms with Gasteiger partial charge in [-0.15, -0.1) is 0 Å². The highest BCUT2D eigenvalue weighted by atomic mass is 16.4. The van der Waals surface area contributed by atoms with E-state index < -0.39 is 5.97 Å². The van der Waals surface area contributed by atoms with Crippen LogP contribution >= 0.6 is 0 Å². The molecule has 0 saturated carbocycles. The Kier molecular flexibility index (Phi) is 1.91. The average Bonchev–Trinajstić information content (AvgIpc) is 2.94. The van der Waals surface area contributed by atoms with E-state index in [0.717, 1.165) is 0 Å². The molecule has 0 radical (unpaired) electrons. The molecular formula is C10H7N5O2. The van der Waals surface area contributed by atoms with Crippen LogP contribution in [0.2, 0.25) is 0 Å². The topological polar surface area (TPSA) is 85.3 Å². The maximum absolute atomic E-state index is 11.0. The minimum absolute atomic E-state index is 0.0746. The fourth-order valence-corrected chi connectivity index (χ4v) is 1.62. The quantitative estimate of drug-likeness (QED) is 0.696. The van der Waals surface area contributed by atoms with Crippen molar-refractivity contribution in [3.05, 3.63) is 42.6 Å². The van der Waals surface area contributed by atoms with Crippen LogP contribution in [0.1, 0.15) is 10.5 Å². The number of fused-ring (bicyclic) bond motifs is 1. The molecule has 7 heteroatoms. The number of aromatic carboxylic acids is 1. The molecule has 3 rings (SSSR count). The van der Waals surface area contributed by atoms with E-state index in [0.29, 0.717) is 11.3 Å². The van der Waals surface area contributed by atoms with Crippen molar-refractivity contribution in [2.24, 2.45) is 0 Å². The van der Waals surface area contributed by atoms with Gasteiger partial charge in [0.05, 0.1) is 12.4 Å². The van der Waals surface area contributed by atoms with Gasteiger partial charge < -0.3 is 5.11 Å². The Morgan fingerprint density at radius 1 is 1.29 bits per heavy atom. The van der Waals surface area contributed by atoms with Crippen LogP contribution in [0.15, 0.2) is 36.9 Å². The summed E-state index contributed by atoms with van der Waals surface area (Å²) in [6, 6.07) is 3.17. The molecule has 0 spiro atoms. The summed E-state index contributed by atoms with van der Waals surface area (Å²) >= 11 is 0. The van der Waals surface area contributed by atoms with E-state index >= 15 is 0 Å². The molecule has 0 fully saturated rings. The van der Waals surface area contributed by atoms with Crippen LogP contribution in [-0.2, 0) is 0 Å². The fourth-order valence-electron chi connectivity index (χ4n) is 1.62. The second-order valence-electron chi connectivity index (χ2n) is 3.35. The Labute approximate surface area is 94.9 Å². The number of hydrogen-bond acceptors (Lipinski definition) is 4. The summed E-state index contributed by atoms with van der Waals surface area (Å²) in [5.41, 5.74) is 1.16. The maximum atomic E-state index is 11.0. The molecule has 0 amide bonds. The van der Waals surface area contributed by atoms with Crippen molar-refractivity contribution in [2.75, 3.05) is 0 Å². The molecule has 84 valence electrons. The maximum Gasteiger partial charge on any atom is 0.354 e. The third-order valence-electron chi connectivity index (χ3n) is 2.35. The van der Waals surface area contributed by atoms with Crippen LogP contribution in [0.25, 0.3) is 11.3 Å². The molecule has 0 aliphatic carbocycles. The smallest absolute Gasteiger partial charge is 0.354 e. The summed E-state index contributed by atoms with van der Waals surface area (Å²) in [5, 5.41) is 17.1. The third kappa shape index (κ3) is 1.36. The summed E-state index contributed by atoms with van der Waals surface area (Å²) in [7, 11) is 0. The van der Waals surface area contributed by atoms with Gasteiger partial charge in [-0.2, -0.15) is 10.2 Å². The van der Waals surface area contributed by atoms with E-state index in [2.05, 4.69) is 15.2 Å². The summed E-state index contributed by atoms with van der Waals surface area (Å²) in [6.07, 6.45) is 6.30. The standard InChI is InChI=1S/C10H7N5O2/c16-10(17)7-2-4-12-15(7)8-6-13-14-5-1-3-11-9(8)14/h1-6H,(H,16,17). The number of aromatic nitrogens is 5. The Balaban J connectivity index is 2.28. The van der Waals surface area contributed by atoms with E-state index in [1.165, 1.54) is 23.1 Å². The molecule has 3 heterocycles. The summed E-state index contributed by atoms with van der Waals surface area (Å²) in [5.74, 6) is -1.04. The van der Waals surface area contributed by atoms with Crippen LogP contribution in [0, 0.1) is 0 Å². The number of nitrogens with zero attached hydrogens (tertiary/aromatic N) is 5. The molecule has 0 aromatic carbocycles. The largest absolute Gasteiger partial charge is 0.477 e. The van der Waals surface area contributed by atoms with Gasteiger partial charge in [0.2, 0.25) is 0 Å². The molecule has 0 saturated heterocycles. The van der Waals surface area contributed by atoms with Gasteiger partial charge in [0, 0.05) is 12.4 Å². The van der Waals surface area contributed by atoms with E-state index in [1.807, 2.05) is 0 Å². The lowest BCUT2D eigenvalue weighted by Crippen LogP contribution is -2.07. The van der Waals surface area contributed by atoms with Crippen LogP contribution in [-0.4, -0.2) is 35.5 Å². The highest BCUT2D eigenvalue weighted by Gasteiger charge is 2.15. The zero-order chi connectivity index (χ0) is 11.8. The van der Waals surface area contributed by atoms with Gasteiger partial charge in [-0.05, 0) is 12.1 Å². The predicted molar refractivity (Wildman–Crippen MR) is 57.1 cm³/mol. The van der Waals surface area contributed by atoms with Gasteiger partial charge in [-0.3, -0.25) is 0 Å². The molecule has 0 unspecified atom stereocenters. The van der Waals surface area contributed by atoms with Crippen molar-refractivity contribution >= 4 is 11.6 Å². The number of hydrogen-bond donors (Lipinski definition) is 1. The van der Waals surface area contributed by atoms with E-state index in [4.69, 9.17) is 5.11 Å². The number of carboxylic acids is 1. The van der Waals surface area contributed by atoms with Gasteiger partial charge in [-0.25, -0.2) is 19.0 Å². The Bertz CT molecular complexity index is 699. The molecule has 0 aliphatic heterocycles. The highest BCUT2D eigenvalue weighted by Crippen LogP contribution is 2.14. The van der Waals surface area contributed by atoms with Crippen LogP contribution in [0.5, 0.6) is 0 Å². The number of carboxylic acid groups (broad SMARTS) is 1. The van der Waals surface area contributed by atoms with Gasteiger partial charge >= 0.3 is 5.97 Å². The molecule has 0 bridgehead atoms. The fraction of sp³-hybridized carbons (Fsp3) is 0. The second kappa shape index (κ2) is 3.41. The minimum atomic E-state index is -1.04. The molecule has 3 aromatic rings. The number of carbonyl (C=O) groups is 1. The van der Waals surface area contributed by atoms with Gasteiger partial charge in [0.25, 0.3) is 0 Å². The van der Waals surface area contributed by atoms with Gasteiger partial charge in [0.1, 0.15) is 5.69 Å². The zero-order valence-electron chi connectivity index (χ0n) is 8.56. The van der Waals surface area contributed by atoms with Crippen molar-refractivity contribution in [1.82, 2.24) is 24.4 Å². The molecular weight excluding hydrogens is 222 g/mol. The Morgan fingerprint density at radius 3 is 3.00 bits per heavy atom. The molecule has 1 N–H and O–H groups in total. The van der Waals surface area contributed by atoms with Gasteiger partial charge in [0.15, 0.2) is 11.3 Å². The van der Waals surface area contributed by atoms with Crippen LogP contribution < -0.4 is 0 Å². The van der Waals surface area contributed by atoms with Crippen LogP contribution in [0.4, 0.5) is 0 Å². The van der Waals surface area contributed by atoms with Crippen LogP contribution in [0.3, 0.4) is 0 Å². The molecule has 17 heavy (non-hydrogen) atoms. The highest BCUT2D eigenvalue weighted by molar-refractivity contribution is 5.86. The van der Waals surface area contributed by atoms with Crippen molar-refractivity contribution in [3.63, 3.8) is 0 Å². The Morgan fingerprint density at radius 2 is 2.18 bits per heavy atom. The summed E-state index contributed by atoms with van der Waals surface area (Å²) in [4.78, 5) is 15.1. The average molecular weight is 229 g/mol. The zero-order valence-corrected chi connectivity index (χ0v) is 8.56. The first-order valence-electron chi connectivity index (χ1n) is 4.83. The molecule has 7 nitrogen and oxygen atoms in total. The van der Waals surface area contributed by atoms with Crippen molar-refractivity contribution in [1.29, 1.82) is 0 Å². The van der Waals surface area contributed by atoms with Crippen molar-refractivity contribution in [2.45, 2.75) is 0 Å². The second-order valence-corrected chi connectivity index (χ2v) is 3.35. The lowest BCUT2D eigenvalue weighted by atomic mass is 10.4. The molecule has 3 aromatic heterocycles. The van der Waals surface area contributed by atoms with Crippen molar-refractivity contribution < 1.29 is 9.90 Å². The summed E-state index contributed by atoms with van der Waals surface area (Å²) < 4.78 is 2.86. The SMILES string of the molecule is O=C(O)c1ccnn1-c1cnn2cccnc12. The first-order chi connectivity index (χ1) is 8.27. The van der Waals surface area contributed by atoms with Crippen molar-refractivity contribution in [3.8, 4) is 5.69 Å². The minimum Gasteiger partial charge on any atom is -0.477 e.